The normalized spacial score (nSPS) is 18.6. The molecule has 2 N–H and O–H groups in total. The maximum Gasteiger partial charge on any atom is 0.127 e. The number of hydrogen-bond donors (Lipinski definition) is 2. The highest BCUT2D eigenvalue weighted by molar-refractivity contribution is 5.91. The third kappa shape index (κ3) is 2.54. The van der Waals surface area contributed by atoms with Crippen molar-refractivity contribution in [1.29, 1.82) is 0 Å². The molecule has 0 aliphatic carbocycles. The van der Waals surface area contributed by atoms with Crippen LogP contribution in [0.1, 0.15) is 6.42 Å². The van der Waals surface area contributed by atoms with Crippen LogP contribution in [0.3, 0.4) is 0 Å². The van der Waals surface area contributed by atoms with Crippen LogP contribution in [0.15, 0.2) is 30.5 Å². The van der Waals surface area contributed by atoms with Crippen LogP contribution in [0.2, 0.25) is 0 Å². The molecule has 3 nitrogen and oxygen atoms in total. The number of hydrogen-bond acceptors (Lipinski definition) is 3. The number of halogens is 2. The number of anilines is 1. The highest BCUT2D eigenvalue weighted by atomic mass is 35.5. The number of fused-ring (bicyclic) bond motifs is 1. The summed E-state index contributed by atoms with van der Waals surface area (Å²) < 4.78 is 13.5. The molecule has 1 saturated heterocycles. The van der Waals surface area contributed by atoms with Gasteiger partial charge < -0.3 is 10.6 Å². The average molecular weight is 268 g/mol. The Morgan fingerprint density at radius 1 is 1.39 bits per heavy atom. The van der Waals surface area contributed by atoms with Crippen LogP contribution in [0.25, 0.3) is 10.9 Å². The van der Waals surface area contributed by atoms with E-state index in [2.05, 4.69) is 15.6 Å². The Morgan fingerprint density at radius 2 is 2.28 bits per heavy atom. The molecule has 0 bridgehead atoms. The third-order valence-corrected chi connectivity index (χ3v) is 3.11. The van der Waals surface area contributed by atoms with Crippen LogP contribution >= 0.6 is 12.4 Å². The smallest absolute Gasteiger partial charge is 0.127 e. The van der Waals surface area contributed by atoms with E-state index in [9.17, 15) is 4.39 Å². The van der Waals surface area contributed by atoms with Crippen molar-refractivity contribution in [3.05, 3.63) is 36.3 Å². The van der Waals surface area contributed by atoms with E-state index >= 15 is 0 Å². The molecule has 0 radical (unpaired) electrons. The predicted molar refractivity (Wildman–Crippen MR) is 73.8 cm³/mol. The summed E-state index contributed by atoms with van der Waals surface area (Å²) in [6, 6.07) is 7.22. The zero-order chi connectivity index (χ0) is 11.7. The van der Waals surface area contributed by atoms with Crippen molar-refractivity contribution in [2.24, 2.45) is 0 Å². The van der Waals surface area contributed by atoms with Crippen LogP contribution < -0.4 is 10.6 Å². The quantitative estimate of drug-likeness (QED) is 0.878. The topological polar surface area (TPSA) is 37.0 Å². The fourth-order valence-corrected chi connectivity index (χ4v) is 2.27. The highest BCUT2D eigenvalue weighted by Crippen LogP contribution is 2.24. The minimum atomic E-state index is -0.246. The lowest BCUT2D eigenvalue weighted by Gasteiger charge is -2.15. The maximum atomic E-state index is 13.5. The van der Waals surface area contributed by atoms with E-state index in [0.29, 0.717) is 11.6 Å². The van der Waals surface area contributed by atoms with Crippen molar-refractivity contribution in [3.63, 3.8) is 0 Å². The molecule has 96 valence electrons. The molecule has 1 fully saturated rings. The van der Waals surface area contributed by atoms with Gasteiger partial charge in [-0.15, -0.1) is 12.4 Å². The average Bonchev–Trinajstić information content (AvgIpc) is 2.81. The number of nitrogens with zero attached hydrogens (tertiary/aromatic N) is 1. The zero-order valence-electron chi connectivity index (χ0n) is 9.82. The summed E-state index contributed by atoms with van der Waals surface area (Å²) in [5.41, 5.74) is 1.53. The number of pyridine rings is 1. The molecule has 1 aromatic heterocycles. The van der Waals surface area contributed by atoms with E-state index in [0.717, 1.165) is 30.6 Å². The Morgan fingerprint density at radius 3 is 3.06 bits per heavy atom. The van der Waals surface area contributed by atoms with Crippen LogP contribution in [0.4, 0.5) is 10.1 Å². The summed E-state index contributed by atoms with van der Waals surface area (Å²) in [4.78, 5) is 4.18. The van der Waals surface area contributed by atoms with Gasteiger partial charge in [0, 0.05) is 35.9 Å². The second-order valence-electron chi connectivity index (χ2n) is 4.36. The van der Waals surface area contributed by atoms with E-state index in [1.807, 2.05) is 12.1 Å². The minimum absolute atomic E-state index is 0. The van der Waals surface area contributed by atoms with E-state index in [-0.39, 0.29) is 18.2 Å². The van der Waals surface area contributed by atoms with Gasteiger partial charge in [-0.05, 0) is 31.2 Å². The molecule has 3 rings (SSSR count). The van der Waals surface area contributed by atoms with E-state index in [1.165, 1.54) is 6.07 Å². The Labute approximate surface area is 111 Å². The molecule has 0 amide bonds. The summed E-state index contributed by atoms with van der Waals surface area (Å²) in [7, 11) is 0. The number of rotatable bonds is 2. The first-order valence-electron chi connectivity index (χ1n) is 5.84. The molecule has 5 heteroatoms. The highest BCUT2D eigenvalue weighted by Gasteiger charge is 2.15. The van der Waals surface area contributed by atoms with Gasteiger partial charge in [0.1, 0.15) is 5.82 Å². The Kier molecular flexibility index (Phi) is 3.99. The second kappa shape index (κ2) is 5.50. The predicted octanol–water partition coefficient (Wildman–Crippen LogP) is 2.57. The van der Waals surface area contributed by atoms with Gasteiger partial charge in [-0.3, -0.25) is 4.98 Å². The van der Waals surface area contributed by atoms with Gasteiger partial charge in [0.05, 0.1) is 5.52 Å². The summed E-state index contributed by atoms with van der Waals surface area (Å²) in [5, 5.41) is 7.64. The maximum absolute atomic E-state index is 13.5. The third-order valence-electron chi connectivity index (χ3n) is 3.11. The first kappa shape index (κ1) is 13.1. The van der Waals surface area contributed by atoms with Gasteiger partial charge in [0.15, 0.2) is 0 Å². The lowest BCUT2D eigenvalue weighted by atomic mass is 10.1. The lowest BCUT2D eigenvalue weighted by molar-refractivity contribution is 0.629. The van der Waals surface area contributed by atoms with Gasteiger partial charge in [-0.2, -0.15) is 0 Å². The van der Waals surface area contributed by atoms with Crippen molar-refractivity contribution >= 4 is 29.0 Å². The molecule has 2 heterocycles. The van der Waals surface area contributed by atoms with Crippen LogP contribution in [-0.2, 0) is 0 Å². The van der Waals surface area contributed by atoms with Gasteiger partial charge in [0.25, 0.3) is 0 Å². The fourth-order valence-electron chi connectivity index (χ4n) is 2.27. The van der Waals surface area contributed by atoms with Gasteiger partial charge in [0.2, 0.25) is 0 Å². The zero-order valence-corrected chi connectivity index (χ0v) is 10.6. The summed E-state index contributed by atoms with van der Waals surface area (Å²) >= 11 is 0. The van der Waals surface area contributed by atoms with Gasteiger partial charge >= 0.3 is 0 Å². The standard InChI is InChI=1S/C13H14FN3.ClH/c14-9-6-12-11(2-1-4-16-12)13(7-9)17-10-3-5-15-8-10;/h1-2,4,6-7,10,15,17H,3,5,8H2;1H. The molecule has 0 spiro atoms. The molecular weight excluding hydrogens is 253 g/mol. The fraction of sp³-hybridized carbons (Fsp3) is 0.308. The largest absolute Gasteiger partial charge is 0.380 e. The monoisotopic (exact) mass is 267 g/mol. The minimum Gasteiger partial charge on any atom is -0.380 e. The number of benzene rings is 1. The van der Waals surface area contributed by atoms with E-state index < -0.39 is 0 Å². The van der Waals surface area contributed by atoms with Gasteiger partial charge in [-0.25, -0.2) is 4.39 Å². The molecular formula is C13H15ClFN3. The SMILES string of the molecule is Cl.Fc1cc(NC2CCNC2)c2cccnc2c1. The van der Waals surface area contributed by atoms with Crippen molar-refractivity contribution in [1.82, 2.24) is 10.3 Å². The van der Waals surface area contributed by atoms with E-state index in [4.69, 9.17) is 0 Å². The van der Waals surface area contributed by atoms with Crippen molar-refractivity contribution in [3.8, 4) is 0 Å². The molecule has 1 aromatic carbocycles. The molecule has 1 atom stereocenters. The molecule has 18 heavy (non-hydrogen) atoms. The lowest BCUT2D eigenvalue weighted by Crippen LogP contribution is -2.22. The van der Waals surface area contributed by atoms with Crippen molar-refractivity contribution in [2.75, 3.05) is 18.4 Å². The molecule has 1 aliphatic rings. The first-order valence-corrected chi connectivity index (χ1v) is 5.84. The number of nitrogens with one attached hydrogen (secondary N) is 2. The molecule has 1 aliphatic heterocycles. The Balaban J connectivity index is 0.00000120. The summed E-state index contributed by atoms with van der Waals surface area (Å²) in [6.07, 6.45) is 2.75. The second-order valence-corrected chi connectivity index (χ2v) is 4.36. The van der Waals surface area contributed by atoms with Crippen molar-refractivity contribution in [2.45, 2.75) is 12.5 Å². The van der Waals surface area contributed by atoms with Crippen molar-refractivity contribution < 1.29 is 4.39 Å². The Bertz CT molecular complexity index is 541. The van der Waals surface area contributed by atoms with E-state index in [1.54, 1.807) is 12.3 Å². The number of aromatic nitrogens is 1. The summed E-state index contributed by atoms with van der Waals surface area (Å²) in [5.74, 6) is -0.246. The Hall–Kier alpha value is -1.39. The van der Waals surface area contributed by atoms with Crippen LogP contribution in [0, 0.1) is 5.82 Å². The van der Waals surface area contributed by atoms with Crippen LogP contribution in [-0.4, -0.2) is 24.1 Å². The molecule has 1 unspecified atom stereocenters. The first-order chi connectivity index (χ1) is 8.33. The molecule has 2 aromatic rings. The summed E-state index contributed by atoms with van der Waals surface area (Å²) in [6.45, 7) is 1.95. The van der Waals surface area contributed by atoms with Crippen LogP contribution in [0.5, 0.6) is 0 Å². The molecule has 0 saturated carbocycles. The van der Waals surface area contributed by atoms with Gasteiger partial charge in [-0.1, -0.05) is 0 Å².